The molecule has 2 rings (SSSR count). The fourth-order valence-corrected chi connectivity index (χ4v) is 6.31. The lowest BCUT2D eigenvalue weighted by Crippen LogP contribution is -2.40. The predicted molar refractivity (Wildman–Crippen MR) is 158 cm³/mol. The Hall–Kier alpha value is -0.600. The zero-order valence-corrected chi connectivity index (χ0v) is 24.7. The van der Waals surface area contributed by atoms with Crippen molar-refractivity contribution in [3.8, 4) is 0 Å². The molecule has 2 nitrogen and oxygen atoms in total. The molecule has 0 aliphatic heterocycles. The summed E-state index contributed by atoms with van der Waals surface area (Å²) in [5, 5.41) is 0. The van der Waals surface area contributed by atoms with Crippen LogP contribution in [0.1, 0.15) is 143 Å². The predicted octanol–water partition coefficient (Wildman–Crippen LogP) is 10.5. The van der Waals surface area contributed by atoms with Crippen molar-refractivity contribution in [1.82, 2.24) is 0 Å². The van der Waals surface area contributed by atoms with E-state index in [1.54, 1.807) is 0 Å². The normalized spacial score (nSPS) is 29.4. The molecule has 0 aromatic rings. The van der Waals surface area contributed by atoms with E-state index in [0.717, 1.165) is 37.9 Å². The molecule has 0 N–H and O–H groups in total. The van der Waals surface area contributed by atoms with Gasteiger partial charge in [0.05, 0.1) is 12.2 Å². The van der Waals surface area contributed by atoms with E-state index in [2.05, 4.69) is 52.0 Å². The minimum absolute atomic E-state index is 0.375. The summed E-state index contributed by atoms with van der Waals surface area (Å²) in [6.07, 6.45) is 34.2. The molecule has 0 saturated heterocycles. The Labute approximate surface area is 226 Å². The number of hydrogen-bond acceptors (Lipinski definition) is 2. The van der Waals surface area contributed by atoms with Crippen LogP contribution in [0.2, 0.25) is 0 Å². The van der Waals surface area contributed by atoms with E-state index in [0.29, 0.717) is 24.0 Å². The van der Waals surface area contributed by atoms with Crippen LogP contribution in [-0.4, -0.2) is 25.4 Å². The van der Waals surface area contributed by atoms with Crippen molar-refractivity contribution in [2.75, 3.05) is 13.2 Å². The number of rotatable bonds is 19. The molecule has 4 atom stereocenters. The summed E-state index contributed by atoms with van der Waals surface area (Å²) in [6, 6.07) is 0. The number of unbranched alkanes of at least 4 members (excludes halogenated alkanes) is 10. The van der Waals surface area contributed by atoms with Crippen LogP contribution >= 0.6 is 0 Å². The van der Waals surface area contributed by atoms with Crippen LogP contribution < -0.4 is 0 Å². The Morgan fingerprint density at radius 3 is 1.64 bits per heavy atom. The van der Waals surface area contributed by atoms with Gasteiger partial charge in [-0.2, -0.15) is 0 Å². The van der Waals surface area contributed by atoms with Crippen LogP contribution in [-0.2, 0) is 9.47 Å². The van der Waals surface area contributed by atoms with Gasteiger partial charge >= 0.3 is 0 Å². The van der Waals surface area contributed by atoms with Gasteiger partial charge in [0.1, 0.15) is 0 Å². The zero-order valence-electron chi connectivity index (χ0n) is 24.7. The number of hydrogen-bond donors (Lipinski definition) is 0. The van der Waals surface area contributed by atoms with Crippen LogP contribution in [0, 0.1) is 23.7 Å². The first-order valence-corrected chi connectivity index (χ1v) is 16.2. The first-order valence-electron chi connectivity index (χ1n) is 16.2. The maximum absolute atomic E-state index is 6.57. The van der Waals surface area contributed by atoms with E-state index in [4.69, 9.17) is 9.47 Å². The van der Waals surface area contributed by atoms with Crippen LogP contribution in [0.25, 0.3) is 0 Å². The van der Waals surface area contributed by atoms with E-state index in [9.17, 15) is 0 Å². The van der Waals surface area contributed by atoms with Crippen molar-refractivity contribution in [2.24, 2.45) is 23.7 Å². The molecule has 0 bridgehead atoms. The molecule has 36 heavy (non-hydrogen) atoms. The molecule has 0 aromatic heterocycles. The van der Waals surface area contributed by atoms with Crippen LogP contribution in [0.5, 0.6) is 0 Å². The highest BCUT2D eigenvalue weighted by Gasteiger charge is 2.35. The van der Waals surface area contributed by atoms with Crippen molar-refractivity contribution in [2.45, 2.75) is 155 Å². The van der Waals surface area contributed by atoms with Gasteiger partial charge in [-0.15, -0.1) is 0 Å². The second-order valence-electron chi connectivity index (χ2n) is 12.1. The fraction of sp³-hybridized carbons (Fsp3) is 0.882. The molecule has 2 aliphatic rings. The van der Waals surface area contributed by atoms with Crippen molar-refractivity contribution in [3.63, 3.8) is 0 Å². The summed E-state index contributed by atoms with van der Waals surface area (Å²) in [6.45, 7) is 11.0. The molecule has 0 amide bonds. The van der Waals surface area contributed by atoms with E-state index in [1.807, 2.05) is 0 Å². The zero-order chi connectivity index (χ0) is 25.8. The first kappa shape index (κ1) is 31.6. The lowest BCUT2D eigenvalue weighted by atomic mass is 9.76. The molecule has 2 saturated carbocycles. The Morgan fingerprint density at radius 1 is 0.583 bits per heavy atom. The third-order valence-electron chi connectivity index (χ3n) is 8.79. The third kappa shape index (κ3) is 13.3. The first-order chi connectivity index (χ1) is 17.7. The van der Waals surface area contributed by atoms with E-state index >= 15 is 0 Å². The van der Waals surface area contributed by atoms with Crippen LogP contribution in [0.15, 0.2) is 24.3 Å². The molecule has 210 valence electrons. The van der Waals surface area contributed by atoms with Gasteiger partial charge in [-0.1, -0.05) is 109 Å². The second-order valence-corrected chi connectivity index (χ2v) is 12.1. The van der Waals surface area contributed by atoms with Crippen molar-refractivity contribution < 1.29 is 9.47 Å². The Bertz CT molecular complexity index is 560. The van der Waals surface area contributed by atoms with Gasteiger partial charge in [-0.25, -0.2) is 0 Å². The summed E-state index contributed by atoms with van der Waals surface area (Å²) in [5.41, 5.74) is 0. The van der Waals surface area contributed by atoms with Gasteiger partial charge in [-0.05, 0) is 76.0 Å². The summed E-state index contributed by atoms with van der Waals surface area (Å²) in [4.78, 5) is 0. The number of ether oxygens (including phenoxy) is 2. The lowest BCUT2D eigenvalue weighted by molar-refractivity contribution is -0.0798. The van der Waals surface area contributed by atoms with Crippen molar-refractivity contribution in [1.29, 1.82) is 0 Å². The van der Waals surface area contributed by atoms with E-state index < -0.39 is 0 Å². The SMILES string of the molecule is CC=CC1CCC(C=CC2CC(OCCCCCCCC)C(C)CC2OCCCCCCCC)CC1. The molecular formula is C34H62O2. The van der Waals surface area contributed by atoms with Gasteiger partial charge in [0.25, 0.3) is 0 Å². The minimum Gasteiger partial charge on any atom is -0.378 e. The molecule has 0 spiro atoms. The highest BCUT2D eigenvalue weighted by molar-refractivity contribution is 5.02. The minimum atomic E-state index is 0.375. The van der Waals surface area contributed by atoms with Gasteiger partial charge in [-0.3, -0.25) is 0 Å². The maximum atomic E-state index is 6.57. The highest BCUT2D eigenvalue weighted by Crippen LogP contribution is 2.36. The monoisotopic (exact) mass is 502 g/mol. The molecule has 0 radical (unpaired) electrons. The summed E-state index contributed by atoms with van der Waals surface area (Å²) in [7, 11) is 0. The van der Waals surface area contributed by atoms with Gasteiger partial charge < -0.3 is 9.47 Å². The number of allylic oxidation sites excluding steroid dienone is 3. The third-order valence-corrected chi connectivity index (χ3v) is 8.79. The standard InChI is InChI=1S/C34H62O2/c1-5-8-10-12-14-16-25-35-33-28-32(24-23-31-21-19-30(18-7-3)20-22-31)34(27-29(33)4)36-26-17-15-13-11-9-6-2/h7,18,23-24,29-34H,5-6,8-17,19-22,25-28H2,1-4H3. The van der Waals surface area contributed by atoms with Crippen LogP contribution in [0.4, 0.5) is 0 Å². The summed E-state index contributed by atoms with van der Waals surface area (Å²) < 4.78 is 13.1. The molecule has 2 fully saturated rings. The quantitative estimate of drug-likeness (QED) is 0.129. The Kier molecular flexibility index (Phi) is 17.9. The lowest BCUT2D eigenvalue weighted by Gasteiger charge is -2.39. The smallest absolute Gasteiger partial charge is 0.0642 e. The van der Waals surface area contributed by atoms with E-state index in [1.165, 1.54) is 103 Å². The highest BCUT2D eigenvalue weighted by atomic mass is 16.5. The molecule has 2 aliphatic carbocycles. The van der Waals surface area contributed by atoms with Gasteiger partial charge in [0.2, 0.25) is 0 Å². The van der Waals surface area contributed by atoms with Crippen LogP contribution in [0.3, 0.4) is 0 Å². The summed E-state index contributed by atoms with van der Waals surface area (Å²) >= 11 is 0. The molecule has 0 heterocycles. The Morgan fingerprint density at radius 2 is 1.08 bits per heavy atom. The van der Waals surface area contributed by atoms with Crippen molar-refractivity contribution in [3.05, 3.63) is 24.3 Å². The molecular weight excluding hydrogens is 440 g/mol. The molecule has 4 unspecified atom stereocenters. The average Bonchev–Trinajstić information content (AvgIpc) is 2.89. The second kappa shape index (κ2) is 20.4. The van der Waals surface area contributed by atoms with E-state index in [-0.39, 0.29) is 0 Å². The average molecular weight is 503 g/mol. The molecule has 2 heteroatoms. The van der Waals surface area contributed by atoms with Gasteiger partial charge in [0.15, 0.2) is 0 Å². The van der Waals surface area contributed by atoms with Crippen molar-refractivity contribution >= 4 is 0 Å². The van der Waals surface area contributed by atoms with Gasteiger partial charge in [0, 0.05) is 19.1 Å². The largest absolute Gasteiger partial charge is 0.378 e. The Balaban J connectivity index is 1.82. The maximum Gasteiger partial charge on any atom is 0.0642 e. The molecule has 0 aromatic carbocycles. The summed E-state index contributed by atoms with van der Waals surface area (Å²) in [5.74, 6) is 2.68. The fourth-order valence-electron chi connectivity index (χ4n) is 6.31. The topological polar surface area (TPSA) is 18.5 Å².